The lowest BCUT2D eigenvalue weighted by atomic mass is 9.96. The predicted octanol–water partition coefficient (Wildman–Crippen LogP) is 2.67. The van der Waals surface area contributed by atoms with Crippen LogP contribution in [0.3, 0.4) is 0 Å². The van der Waals surface area contributed by atoms with Crippen molar-refractivity contribution in [3.05, 3.63) is 28.2 Å². The largest absolute Gasteiger partial charge is 0.370 e. The predicted molar refractivity (Wildman–Crippen MR) is 82.5 cm³/mol. The number of hydrogen-bond acceptors (Lipinski definition) is 3. The number of carbonyl (C=O) groups is 1. The number of benzene rings is 1. The zero-order chi connectivity index (χ0) is 14.5. The molecule has 0 atom stereocenters. The van der Waals surface area contributed by atoms with E-state index in [1.807, 2.05) is 18.2 Å². The first-order valence-corrected chi connectivity index (χ1v) is 7.58. The van der Waals surface area contributed by atoms with Crippen molar-refractivity contribution in [2.75, 3.05) is 24.5 Å². The molecule has 0 aromatic heterocycles. The third kappa shape index (κ3) is 3.73. The third-order valence-electron chi connectivity index (χ3n) is 3.68. The Bertz CT molecular complexity index is 530. The lowest BCUT2D eigenvalue weighted by molar-refractivity contribution is -0.119. The van der Waals surface area contributed by atoms with E-state index in [0.717, 1.165) is 42.6 Å². The van der Waals surface area contributed by atoms with Gasteiger partial charge in [-0.1, -0.05) is 15.9 Å². The van der Waals surface area contributed by atoms with Crippen LogP contribution in [0.25, 0.3) is 0 Å². The van der Waals surface area contributed by atoms with E-state index in [-0.39, 0.29) is 5.91 Å². The molecule has 1 aromatic carbocycles. The van der Waals surface area contributed by atoms with Crippen LogP contribution in [-0.4, -0.2) is 25.5 Å². The molecule has 1 aliphatic heterocycles. The van der Waals surface area contributed by atoms with E-state index >= 15 is 0 Å². The van der Waals surface area contributed by atoms with Crippen LogP contribution in [0.2, 0.25) is 0 Å². The van der Waals surface area contributed by atoms with Crippen LogP contribution in [0.15, 0.2) is 22.7 Å². The molecule has 2 rings (SSSR count). The normalized spacial score (nSPS) is 15.8. The highest BCUT2D eigenvalue weighted by Crippen LogP contribution is 2.28. The van der Waals surface area contributed by atoms with E-state index in [2.05, 4.69) is 32.2 Å². The molecule has 0 radical (unpaired) electrons. The maximum Gasteiger partial charge on any atom is 0.216 e. The van der Waals surface area contributed by atoms with E-state index in [9.17, 15) is 10.1 Å². The number of nitrogens with zero attached hydrogens (tertiary/aromatic N) is 2. The Labute approximate surface area is 127 Å². The molecule has 20 heavy (non-hydrogen) atoms. The van der Waals surface area contributed by atoms with Gasteiger partial charge in [-0.2, -0.15) is 5.26 Å². The molecule has 0 bridgehead atoms. The van der Waals surface area contributed by atoms with Crippen molar-refractivity contribution in [3.63, 3.8) is 0 Å². The molecule has 0 unspecified atom stereocenters. The van der Waals surface area contributed by atoms with E-state index < -0.39 is 0 Å². The van der Waals surface area contributed by atoms with Gasteiger partial charge in [-0.15, -0.1) is 0 Å². The highest BCUT2D eigenvalue weighted by Gasteiger charge is 2.21. The second-order valence-electron chi connectivity index (χ2n) is 5.14. The Morgan fingerprint density at radius 3 is 2.80 bits per heavy atom. The Balaban J connectivity index is 1.99. The highest BCUT2D eigenvalue weighted by atomic mass is 79.9. The number of halogens is 1. The molecule has 1 heterocycles. The maximum atomic E-state index is 10.9. The van der Waals surface area contributed by atoms with E-state index in [4.69, 9.17) is 0 Å². The third-order valence-corrected chi connectivity index (χ3v) is 4.17. The Kier molecular flexibility index (Phi) is 5.02. The molecular weight excluding hydrogens is 318 g/mol. The topological polar surface area (TPSA) is 56.1 Å². The van der Waals surface area contributed by atoms with Gasteiger partial charge in [0.2, 0.25) is 5.91 Å². The summed E-state index contributed by atoms with van der Waals surface area (Å²) in [6.45, 7) is 4.16. The van der Waals surface area contributed by atoms with Crippen molar-refractivity contribution in [2.24, 2.45) is 5.92 Å². The van der Waals surface area contributed by atoms with Crippen molar-refractivity contribution in [1.29, 1.82) is 5.26 Å². The average Bonchev–Trinajstić information content (AvgIpc) is 2.45. The van der Waals surface area contributed by atoms with Gasteiger partial charge in [0.05, 0.1) is 11.3 Å². The Morgan fingerprint density at radius 2 is 2.20 bits per heavy atom. The fraction of sp³-hybridized carbons (Fsp3) is 0.467. The van der Waals surface area contributed by atoms with Gasteiger partial charge in [-0.05, 0) is 37.0 Å². The van der Waals surface area contributed by atoms with Gasteiger partial charge in [0, 0.05) is 31.0 Å². The first-order chi connectivity index (χ1) is 9.60. The first kappa shape index (κ1) is 14.9. The van der Waals surface area contributed by atoms with Gasteiger partial charge in [-0.3, -0.25) is 4.79 Å². The van der Waals surface area contributed by atoms with Crippen molar-refractivity contribution >= 4 is 27.5 Å². The van der Waals surface area contributed by atoms with Gasteiger partial charge in [-0.25, -0.2) is 0 Å². The van der Waals surface area contributed by atoms with Crippen molar-refractivity contribution in [3.8, 4) is 6.07 Å². The molecule has 1 aromatic rings. The van der Waals surface area contributed by atoms with Crippen LogP contribution in [0.4, 0.5) is 5.69 Å². The number of amides is 1. The Morgan fingerprint density at radius 1 is 1.50 bits per heavy atom. The number of nitrogens with one attached hydrogen (secondary N) is 1. The van der Waals surface area contributed by atoms with Crippen LogP contribution in [0, 0.1) is 17.2 Å². The molecular formula is C15H18BrN3O. The van der Waals surface area contributed by atoms with Crippen molar-refractivity contribution in [2.45, 2.75) is 19.8 Å². The molecule has 1 amide bonds. The van der Waals surface area contributed by atoms with Crippen molar-refractivity contribution < 1.29 is 4.79 Å². The molecule has 106 valence electrons. The number of carbonyl (C=O) groups excluding carboxylic acids is 1. The fourth-order valence-electron chi connectivity index (χ4n) is 2.53. The lowest BCUT2D eigenvalue weighted by Gasteiger charge is -2.34. The summed E-state index contributed by atoms with van der Waals surface area (Å²) in [6.07, 6.45) is 2.08. The molecule has 5 heteroatoms. The van der Waals surface area contributed by atoms with Crippen LogP contribution in [0.5, 0.6) is 0 Å². The SMILES string of the molecule is CC(=O)NCC1CCN(c2cc(Br)ccc2C#N)CC1. The molecule has 0 saturated carbocycles. The summed E-state index contributed by atoms with van der Waals surface area (Å²) in [7, 11) is 0. The maximum absolute atomic E-state index is 10.9. The van der Waals surface area contributed by atoms with Crippen molar-refractivity contribution in [1.82, 2.24) is 5.32 Å². The molecule has 4 nitrogen and oxygen atoms in total. The highest BCUT2D eigenvalue weighted by molar-refractivity contribution is 9.10. The number of anilines is 1. The lowest BCUT2D eigenvalue weighted by Crippen LogP contribution is -2.38. The van der Waals surface area contributed by atoms with Crippen LogP contribution in [0.1, 0.15) is 25.3 Å². The van der Waals surface area contributed by atoms with Gasteiger partial charge >= 0.3 is 0 Å². The standard InChI is InChI=1S/C15H18BrN3O/c1-11(20)18-10-12-4-6-19(7-5-12)15-8-14(16)3-2-13(15)9-17/h2-3,8,12H,4-7,10H2,1H3,(H,18,20). The number of piperidine rings is 1. The molecule has 1 saturated heterocycles. The monoisotopic (exact) mass is 335 g/mol. The fourth-order valence-corrected chi connectivity index (χ4v) is 2.88. The van der Waals surface area contributed by atoms with Crippen LogP contribution in [-0.2, 0) is 4.79 Å². The first-order valence-electron chi connectivity index (χ1n) is 6.79. The zero-order valence-corrected chi connectivity index (χ0v) is 13.1. The molecule has 0 aliphatic carbocycles. The summed E-state index contributed by atoms with van der Waals surface area (Å²) in [5.41, 5.74) is 1.72. The van der Waals surface area contributed by atoms with Crippen LogP contribution < -0.4 is 10.2 Å². The summed E-state index contributed by atoms with van der Waals surface area (Å²) < 4.78 is 0.992. The molecule has 1 N–H and O–H groups in total. The quantitative estimate of drug-likeness (QED) is 0.923. The summed E-state index contributed by atoms with van der Waals surface area (Å²) in [5, 5.41) is 12.1. The van der Waals surface area contributed by atoms with E-state index in [0.29, 0.717) is 11.5 Å². The second-order valence-corrected chi connectivity index (χ2v) is 6.06. The number of nitriles is 1. The van der Waals surface area contributed by atoms with Gasteiger partial charge in [0.15, 0.2) is 0 Å². The minimum Gasteiger partial charge on any atom is -0.370 e. The zero-order valence-electron chi connectivity index (χ0n) is 11.5. The summed E-state index contributed by atoms with van der Waals surface area (Å²) in [4.78, 5) is 13.2. The van der Waals surface area contributed by atoms with E-state index in [1.54, 1.807) is 6.92 Å². The molecule has 0 spiro atoms. The Hall–Kier alpha value is -1.54. The minimum atomic E-state index is 0.0335. The number of hydrogen-bond donors (Lipinski definition) is 1. The summed E-state index contributed by atoms with van der Waals surface area (Å²) in [5.74, 6) is 0.569. The van der Waals surface area contributed by atoms with Gasteiger partial charge < -0.3 is 10.2 Å². The smallest absolute Gasteiger partial charge is 0.216 e. The minimum absolute atomic E-state index is 0.0335. The summed E-state index contributed by atoms with van der Waals surface area (Å²) in [6, 6.07) is 8.00. The van der Waals surface area contributed by atoms with E-state index in [1.165, 1.54) is 0 Å². The molecule has 1 fully saturated rings. The van der Waals surface area contributed by atoms with Gasteiger partial charge in [0.1, 0.15) is 6.07 Å². The summed E-state index contributed by atoms with van der Waals surface area (Å²) >= 11 is 3.46. The number of rotatable bonds is 3. The average molecular weight is 336 g/mol. The van der Waals surface area contributed by atoms with Crippen LogP contribution >= 0.6 is 15.9 Å². The van der Waals surface area contributed by atoms with Gasteiger partial charge in [0.25, 0.3) is 0 Å². The second kappa shape index (κ2) is 6.76. The molecule has 1 aliphatic rings.